The molecule has 0 unspecified atom stereocenters. The average molecular weight is 190 g/mol. The average Bonchev–Trinajstić information content (AvgIpc) is 1.60. The summed E-state index contributed by atoms with van der Waals surface area (Å²) in [5, 5.41) is -0.449. The summed E-state index contributed by atoms with van der Waals surface area (Å²) in [6, 6.07) is 0. The fourth-order valence-corrected chi connectivity index (χ4v) is 1.14. The maximum atomic E-state index is 10.9. The van der Waals surface area contributed by atoms with Gasteiger partial charge in [-0.15, -0.1) is 0 Å². The van der Waals surface area contributed by atoms with E-state index in [2.05, 4.69) is 4.18 Å². The number of hydrogen-bond donors (Lipinski definition) is 0. The second-order valence-corrected chi connectivity index (χ2v) is 4.81. The van der Waals surface area contributed by atoms with E-state index >= 15 is 0 Å². The van der Waals surface area contributed by atoms with Crippen LogP contribution in [-0.4, -0.2) is 49.3 Å². The third kappa shape index (κ3) is 6.11. The van der Waals surface area contributed by atoms with E-state index in [0.29, 0.717) is 0 Å². The molecule has 0 atom stereocenters. The van der Waals surface area contributed by atoms with Gasteiger partial charge in [0.1, 0.15) is 0 Å². The molecule has 0 aromatic carbocycles. The fourth-order valence-electron chi connectivity index (χ4n) is 0.379. The van der Waals surface area contributed by atoms with Crippen molar-refractivity contribution in [3.8, 4) is 0 Å². The second kappa shape index (κ2) is 5.54. The molecule has 0 radical (unpaired) electrons. The quantitative estimate of drug-likeness (QED) is 0.481. The van der Waals surface area contributed by atoms with Crippen LogP contribution in [0.5, 0.6) is 0 Å². The van der Waals surface area contributed by atoms with Crippen LogP contribution in [0.1, 0.15) is 27.7 Å². The monoisotopic (exact) mass is 190 g/mol. The van der Waals surface area contributed by atoms with Crippen molar-refractivity contribution in [3.63, 3.8) is 0 Å². The summed E-state index contributed by atoms with van der Waals surface area (Å²) in [6.07, 6.45) is -0.257. The number of hydrogen-bond acceptors (Lipinski definition) is 3. The molecule has 0 amide bonds. The van der Waals surface area contributed by atoms with Gasteiger partial charge in [-0.05, 0) is 27.7 Å². The van der Waals surface area contributed by atoms with Gasteiger partial charge >= 0.3 is 29.6 Å². The van der Waals surface area contributed by atoms with Crippen LogP contribution < -0.4 is 0 Å². The molecule has 0 bridgehead atoms. The van der Waals surface area contributed by atoms with E-state index in [4.69, 9.17) is 0 Å². The molecule has 0 aliphatic heterocycles. The van der Waals surface area contributed by atoms with Crippen LogP contribution in [0, 0.1) is 0 Å². The summed E-state index contributed by atoms with van der Waals surface area (Å²) in [7, 11) is -3.30. The van der Waals surface area contributed by atoms with E-state index in [9.17, 15) is 8.42 Å². The minimum atomic E-state index is -3.30. The van der Waals surface area contributed by atoms with Crippen molar-refractivity contribution in [1.82, 2.24) is 0 Å². The summed E-state index contributed by atoms with van der Waals surface area (Å²) in [5.41, 5.74) is 0. The zero-order valence-corrected chi connectivity index (χ0v) is 7.60. The van der Waals surface area contributed by atoms with E-state index in [0.717, 1.165) is 0 Å². The van der Waals surface area contributed by atoms with Crippen LogP contribution in [0.2, 0.25) is 0 Å². The summed E-state index contributed by atoms with van der Waals surface area (Å²) in [6.45, 7) is 6.58. The molecule has 0 rings (SSSR count). The van der Waals surface area contributed by atoms with Crippen molar-refractivity contribution in [3.05, 3.63) is 0 Å². The molecule has 0 aliphatic rings. The molecule has 0 saturated heterocycles. The third-order valence-corrected chi connectivity index (χ3v) is 2.71. The molecular weight excluding hydrogens is 175 g/mol. The van der Waals surface area contributed by atoms with E-state index < -0.39 is 15.4 Å². The summed E-state index contributed by atoms with van der Waals surface area (Å²) < 4.78 is 26.5. The van der Waals surface area contributed by atoms with Crippen molar-refractivity contribution in [2.45, 2.75) is 39.0 Å². The van der Waals surface area contributed by atoms with Gasteiger partial charge in [0.15, 0.2) is 0 Å². The fraction of sp³-hybridized carbons (Fsp3) is 1.00. The zero-order valence-electron chi connectivity index (χ0n) is 6.79. The molecule has 0 fully saturated rings. The topological polar surface area (TPSA) is 43.4 Å². The molecule has 3 nitrogen and oxygen atoms in total. The van der Waals surface area contributed by atoms with Gasteiger partial charge in [0.25, 0.3) is 10.1 Å². The van der Waals surface area contributed by atoms with E-state index in [-0.39, 0.29) is 35.7 Å². The summed E-state index contributed by atoms with van der Waals surface area (Å²) in [4.78, 5) is 0. The molecule has 0 N–H and O–H groups in total. The van der Waals surface area contributed by atoms with Crippen LogP contribution in [-0.2, 0) is 14.3 Å². The van der Waals surface area contributed by atoms with E-state index in [1.165, 1.54) is 0 Å². The van der Waals surface area contributed by atoms with Gasteiger partial charge in [-0.2, -0.15) is 8.42 Å². The molecule has 0 aromatic heterocycles. The molecule has 0 spiro atoms. The first-order valence-corrected chi connectivity index (χ1v) is 4.75. The van der Waals surface area contributed by atoms with Gasteiger partial charge < -0.3 is 0 Å². The Morgan fingerprint density at radius 1 is 1.09 bits per heavy atom. The molecule has 11 heavy (non-hydrogen) atoms. The normalized spacial score (nSPS) is 11.8. The minimum absolute atomic E-state index is 0. The van der Waals surface area contributed by atoms with Gasteiger partial charge in [0, 0.05) is 0 Å². The first-order chi connectivity index (χ1) is 4.36. The van der Waals surface area contributed by atoms with Crippen LogP contribution in [0.25, 0.3) is 0 Å². The maximum absolute atomic E-state index is 10.9. The Balaban J connectivity index is 0. The molecule has 0 aromatic rings. The second-order valence-electron chi connectivity index (χ2n) is 2.69. The first kappa shape index (κ1) is 14.4. The van der Waals surface area contributed by atoms with Crippen LogP contribution >= 0.6 is 0 Å². The van der Waals surface area contributed by atoms with Crippen molar-refractivity contribution in [2.24, 2.45) is 0 Å². The van der Waals surface area contributed by atoms with Gasteiger partial charge in [-0.1, -0.05) is 0 Å². The molecular formula is C6H15NaO3S. The van der Waals surface area contributed by atoms with E-state index in [1.807, 2.05) is 0 Å². The standard InChI is InChI=1S/C6H14O3S.Na.H/c1-5(2)9-10(7,8)6(3)4;;/h5-6H,1-4H3;;. The van der Waals surface area contributed by atoms with Crippen molar-refractivity contribution >= 4 is 39.7 Å². The van der Waals surface area contributed by atoms with Crippen LogP contribution in [0.3, 0.4) is 0 Å². The Labute approximate surface area is 90.9 Å². The van der Waals surface area contributed by atoms with Crippen molar-refractivity contribution in [2.75, 3.05) is 0 Å². The molecule has 5 heteroatoms. The molecule has 0 saturated carbocycles. The van der Waals surface area contributed by atoms with Crippen LogP contribution in [0.4, 0.5) is 0 Å². The Morgan fingerprint density at radius 3 is 1.55 bits per heavy atom. The predicted octanol–water partition coefficient (Wildman–Crippen LogP) is 0.501. The Bertz CT molecular complexity index is 184. The Hall–Kier alpha value is 0.910. The van der Waals surface area contributed by atoms with Crippen LogP contribution in [0.15, 0.2) is 0 Å². The van der Waals surface area contributed by atoms with Gasteiger partial charge in [0.2, 0.25) is 0 Å². The van der Waals surface area contributed by atoms with E-state index in [1.54, 1.807) is 27.7 Å². The summed E-state index contributed by atoms with van der Waals surface area (Å²) in [5.74, 6) is 0. The van der Waals surface area contributed by atoms with Gasteiger partial charge in [-0.3, -0.25) is 4.18 Å². The third-order valence-electron chi connectivity index (χ3n) is 0.904. The van der Waals surface area contributed by atoms with Gasteiger partial charge in [0.05, 0.1) is 11.4 Å². The molecule has 64 valence electrons. The SMILES string of the molecule is CC(C)OS(=O)(=O)C(C)C.[NaH]. The molecule has 0 aliphatic carbocycles. The zero-order chi connectivity index (χ0) is 8.36. The van der Waals surface area contributed by atoms with Crippen molar-refractivity contribution in [1.29, 1.82) is 0 Å². The molecule has 0 heterocycles. The first-order valence-electron chi connectivity index (χ1n) is 3.28. The van der Waals surface area contributed by atoms with Gasteiger partial charge in [-0.25, -0.2) is 0 Å². The predicted molar refractivity (Wildman–Crippen MR) is 47.4 cm³/mol. The number of rotatable bonds is 3. The summed E-state index contributed by atoms with van der Waals surface area (Å²) >= 11 is 0. The Kier molecular flexibility index (Phi) is 7.27. The Morgan fingerprint density at radius 2 is 1.45 bits per heavy atom. The van der Waals surface area contributed by atoms with Crippen molar-refractivity contribution < 1.29 is 12.6 Å².